The fourth-order valence-electron chi connectivity index (χ4n) is 3.30. The van der Waals surface area contributed by atoms with Crippen molar-refractivity contribution in [2.75, 3.05) is 25.0 Å². The van der Waals surface area contributed by atoms with Gasteiger partial charge in [-0.1, -0.05) is 26.3 Å². The van der Waals surface area contributed by atoms with Gasteiger partial charge in [0.2, 0.25) is 5.91 Å². The largest absolute Gasteiger partial charge is 0.416 e. The van der Waals surface area contributed by atoms with E-state index in [2.05, 4.69) is 17.1 Å². The Labute approximate surface area is 147 Å². The van der Waals surface area contributed by atoms with Crippen molar-refractivity contribution in [1.82, 2.24) is 4.90 Å². The lowest BCUT2D eigenvalue weighted by molar-refractivity contribution is -0.137. The first-order valence-corrected chi connectivity index (χ1v) is 9.01. The van der Waals surface area contributed by atoms with E-state index in [4.69, 9.17) is 0 Å². The van der Waals surface area contributed by atoms with Crippen molar-refractivity contribution in [1.29, 1.82) is 0 Å². The summed E-state index contributed by atoms with van der Waals surface area (Å²) in [6, 6.07) is 4.80. The molecular formula is C19H27F3N2O. The fraction of sp³-hybridized carbons (Fsp3) is 0.632. The van der Waals surface area contributed by atoms with Crippen molar-refractivity contribution < 1.29 is 18.0 Å². The number of rotatable bonds is 6. The molecule has 1 aliphatic rings. The molecule has 2 rings (SSSR count). The summed E-state index contributed by atoms with van der Waals surface area (Å²) in [4.78, 5) is 14.8. The number of likely N-dealkylation sites (tertiary alicyclic amines) is 1. The smallest absolute Gasteiger partial charge is 0.326 e. The number of amides is 1. The number of anilines is 1. The second-order valence-corrected chi connectivity index (χ2v) is 6.89. The number of nitrogens with zero attached hydrogens (tertiary/aromatic N) is 1. The van der Waals surface area contributed by atoms with Crippen LogP contribution in [0.4, 0.5) is 18.9 Å². The van der Waals surface area contributed by atoms with Crippen LogP contribution < -0.4 is 5.32 Å². The van der Waals surface area contributed by atoms with E-state index in [1.807, 2.05) is 6.92 Å². The van der Waals surface area contributed by atoms with Crippen LogP contribution in [0.15, 0.2) is 24.3 Å². The van der Waals surface area contributed by atoms with Crippen LogP contribution in [-0.4, -0.2) is 30.4 Å². The monoisotopic (exact) mass is 356 g/mol. The Morgan fingerprint density at radius 3 is 2.60 bits per heavy atom. The quantitative estimate of drug-likeness (QED) is 0.795. The summed E-state index contributed by atoms with van der Waals surface area (Å²) in [7, 11) is 0. The van der Waals surface area contributed by atoms with Crippen molar-refractivity contribution in [2.24, 2.45) is 11.8 Å². The van der Waals surface area contributed by atoms with Gasteiger partial charge in [-0.3, -0.25) is 4.79 Å². The van der Waals surface area contributed by atoms with Gasteiger partial charge in [0.1, 0.15) is 0 Å². The number of piperidine rings is 1. The first kappa shape index (κ1) is 19.8. The van der Waals surface area contributed by atoms with E-state index >= 15 is 0 Å². The molecule has 1 aliphatic heterocycles. The summed E-state index contributed by atoms with van der Waals surface area (Å²) in [5.74, 6) is -0.127. The molecule has 3 nitrogen and oxygen atoms in total. The Hall–Kier alpha value is -1.56. The molecule has 1 aromatic rings. The van der Waals surface area contributed by atoms with E-state index in [-0.39, 0.29) is 23.4 Å². The highest BCUT2D eigenvalue weighted by atomic mass is 19.4. The number of benzene rings is 1. The summed E-state index contributed by atoms with van der Waals surface area (Å²) in [6.07, 6.45) is -0.120. The molecule has 1 unspecified atom stereocenters. The van der Waals surface area contributed by atoms with Gasteiger partial charge in [-0.05, 0) is 63.0 Å². The van der Waals surface area contributed by atoms with Crippen molar-refractivity contribution in [3.05, 3.63) is 29.8 Å². The van der Waals surface area contributed by atoms with Crippen LogP contribution in [0.5, 0.6) is 0 Å². The zero-order valence-electron chi connectivity index (χ0n) is 14.9. The van der Waals surface area contributed by atoms with Crippen LogP contribution >= 0.6 is 0 Å². The summed E-state index contributed by atoms with van der Waals surface area (Å²) in [5.41, 5.74) is -0.547. The minimum absolute atomic E-state index is 0.201. The van der Waals surface area contributed by atoms with Gasteiger partial charge in [0.15, 0.2) is 0 Å². The standard InChI is InChI=1S/C19H27F3N2O/c1-3-4-10-24-11-8-15(9-12-24)14(2)18(25)23-17-7-5-6-16(13-17)19(20,21)22/h5-7,13-15H,3-4,8-12H2,1-2H3,(H,23,25). The Bertz CT molecular complexity index is 566. The van der Waals surface area contributed by atoms with E-state index in [0.717, 1.165) is 44.6 Å². The summed E-state index contributed by atoms with van der Waals surface area (Å²) in [6.45, 7) is 7.13. The van der Waals surface area contributed by atoms with Crippen molar-refractivity contribution in [3.63, 3.8) is 0 Å². The molecule has 140 valence electrons. The second-order valence-electron chi connectivity index (χ2n) is 6.89. The van der Waals surface area contributed by atoms with Gasteiger partial charge in [-0.2, -0.15) is 13.2 Å². The van der Waals surface area contributed by atoms with E-state index < -0.39 is 11.7 Å². The summed E-state index contributed by atoms with van der Waals surface area (Å²) in [5, 5.41) is 2.64. The molecule has 0 spiro atoms. The number of unbranched alkanes of at least 4 members (excludes halogenated alkanes) is 1. The van der Waals surface area contributed by atoms with E-state index in [1.54, 1.807) is 0 Å². The Kier molecular flexibility index (Phi) is 6.87. The topological polar surface area (TPSA) is 32.3 Å². The van der Waals surface area contributed by atoms with E-state index in [0.29, 0.717) is 0 Å². The number of carbonyl (C=O) groups excluding carboxylic acids is 1. The third kappa shape index (κ3) is 5.73. The number of nitrogens with one attached hydrogen (secondary N) is 1. The lowest BCUT2D eigenvalue weighted by atomic mass is 9.84. The molecule has 0 aliphatic carbocycles. The molecule has 0 bridgehead atoms. The van der Waals surface area contributed by atoms with Crippen LogP contribution in [0.1, 0.15) is 45.1 Å². The molecule has 1 aromatic carbocycles. The molecule has 1 heterocycles. The van der Waals surface area contributed by atoms with Crippen molar-refractivity contribution in [3.8, 4) is 0 Å². The van der Waals surface area contributed by atoms with Crippen molar-refractivity contribution >= 4 is 11.6 Å². The predicted octanol–water partition coefficient (Wildman–Crippen LogP) is 4.79. The average molecular weight is 356 g/mol. The highest BCUT2D eigenvalue weighted by Crippen LogP contribution is 2.31. The number of halogens is 3. The molecule has 1 atom stereocenters. The number of carbonyl (C=O) groups is 1. The number of hydrogen-bond donors (Lipinski definition) is 1. The molecule has 0 radical (unpaired) electrons. The van der Waals surface area contributed by atoms with Gasteiger partial charge < -0.3 is 10.2 Å². The van der Waals surface area contributed by atoms with Crippen molar-refractivity contribution in [2.45, 2.75) is 45.7 Å². The SMILES string of the molecule is CCCCN1CCC(C(C)C(=O)Nc2cccc(C(F)(F)F)c2)CC1. The average Bonchev–Trinajstić information content (AvgIpc) is 2.59. The highest BCUT2D eigenvalue weighted by molar-refractivity contribution is 5.92. The molecule has 1 saturated heterocycles. The molecule has 25 heavy (non-hydrogen) atoms. The number of hydrogen-bond acceptors (Lipinski definition) is 2. The molecule has 0 aromatic heterocycles. The third-order valence-electron chi connectivity index (χ3n) is 5.04. The van der Waals surface area contributed by atoms with Gasteiger partial charge in [-0.25, -0.2) is 0 Å². The van der Waals surface area contributed by atoms with Gasteiger partial charge >= 0.3 is 6.18 Å². The van der Waals surface area contributed by atoms with E-state index in [1.165, 1.54) is 25.0 Å². The maximum atomic E-state index is 12.8. The first-order valence-electron chi connectivity index (χ1n) is 9.01. The van der Waals surface area contributed by atoms with Crippen LogP contribution in [-0.2, 0) is 11.0 Å². The minimum Gasteiger partial charge on any atom is -0.326 e. The second kappa shape index (κ2) is 8.70. The predicted molar refractivity (Wildman–Crippen MR) is 93.3 cm³/mol. The first-order chi connectivity index (χ1) is 11.8. The van der Waals surface area contributed by atoms with Crippen LogP contribution in [0.2, 0.25) is 0 Å². The molecule has 1 fully saturated rings. The molecular weight excluding hydrogens is 329 g/mol. The molecule has 1 N–H and O–H groups in total. The third-order valence-corrected chi connectivity index (χ3v) is 5.04. The minimum atomic E-state index is -4.41. The maximum Gasteiger partial charge on any atom is 0.416 e. The van der Waals surface area contributed by atoms with E-state index in [9.17, 15) is 18.0 Å². The lowest BCUT2D eigenvalue weighted by Crippen LogP contribution is -2.38. The maximum absolute atomic E-state index is 12.8. The summed E-state index contributed by atoms with van der Waals surface area (Å²) >= 11 is 0. The zero-order chi connectivity index (χ0) is 18.4. The Balaban J connectivity index is 1.89. The Morgan fingerprint density at radius 1 is 1.32 bits per heavy atom. The van der Waals surface area contributed by atoms with Crippen LogP contribution in [0.3, 0.4) is 0 Å². The van der Waals surface area contributed by atoms with Gasteiger partial charge in [0.25, 0.3) is 0 Å². The normalized spacial score (nSPS) is 18.1. The molecule has 0 saturated carbocycles. The zero-order valence-corrected chi connectivity index (χ0v) is 14.9. The van der Waals surface area contributed by atoms with Crippen LogP contribution in [0.25, 0.3) is 0 Å². The fourth-order valence-corrected chi connectivity index (χ4v) is 3.30. The number of alkyl halides is 3. The highest BCUT2D eigenvalue weighted by Gasteiger charge is 2.31. The van der Waals surface area contributed by atoms with Gasteiger partial charge in [0.05, 0.1) is 5.56 Å². The molecule has 1 amide bonds. The van der Waals surface area contributed by atoms with Gasteiger partial charge in [0, 0.05) is 11.6 Å². The molecule has 6 heteroatoms. The summed E-state index contributed by atoms with van der Waals surface area (Å²) < 4.78 is 38.3. The van der Waals surface area contributed by atoms with Crippen LogP contribution in [0, 0.1) is 11.8 Å². The van der Waals surface area contributed by atoms with Gasteiger partial charge in [-0.15, -0.1) is 0 Å². The lowest BCUT2D eigenvalue weighted by Gasteiger charge is -2.34. The Morgan fingerprint density at radius 2 is 2.00 bits per heavy atom.